The van der Waals surface area contributed by atoms with Crippen LogP contribution in [0.4, 0.5) is 0 Å². The van der Waals surface area contributed by atoms with E-state index in [1.165, 1.54) is 0 Å². The highest BCUT2D eigenvalue weighted by Gasteiger charge is 2.26. The number of aromatic nitrogens is 3. The van der Waals surface area contributed by atoms with Crippen LogP contribution in [0.1, 0.15) is 6.42 Å². The van der Waals surface area contributed by atoms with E-state index in [9.17, 15) is 0 Å². The van der Waals surface area contributed by atoms with Crippen molar-refractivity contribution in [2.75, 3.05) is 20.3 Å². The summed E-state index contributed by atoms with van der Waals surface area (Å²) in [6, 6.07) is 0.500. The lowest BCUT2D eigenvalue weighted by atomic mass is 10.1. The monoisotopic (exact) mass is 228 g/mol. The third kappa shape index (κ3) is 2.50. The Morgan fingerprint density at radius 3 is 3.20 bits per heavy atom. The Bertz CT molecular complexity index is 317. The maximum absolute atomic E-state index is 5.48. The fourth-order valence-corrected chi connectivity index (χ4v) is 2.85. The largest absolute Gasteiger partial charge is 0.380 e. The summed E-state index contributed by atoms with van der Waals surface area (Å²) in [5.41, 5.74) is 0. The molecule has 6 heteroatoms. The molecular weight excluding hydrogens is 212 g/mol. The van der Waals surface area contributed by atoms with Gasteiger partial charge in [-0.2, -0.15) is 0 Å². The molecule has 2 unspecified atom stereocenters. The number of hydrogen-bond donors (Lipinski definition) is 1. The van der Waals surface area contributed by atoms with E-state index in [0.717, 1.165) is 24.8 Å². The highest BCUT2D eigenvalue weighted by Crippen LogP contribution is 2.26. The molecule has 1 aliphatic heterocycles. The van der Waals surface area contributed by atoms with Crippen LogP contribution >= 0.6 is 11.8 Å². The molecule has 1 fully saturated rings. The Hall–Kier alpha value is -0.590. The maximum Gasteiger partial charge on any atom is 0.191 e. The van der Waals surface area contributed by atoms with Crippen molar-refractivity contribution >= 4 is 11.8 Å². The summed E-state index contributed by atoms with van der Waals surface area (Å²) < 4.78 is 7.42. The molecule has 2 rings (SSSR count). The fourth-order valence-electron chi connectivity index (χ4n) is 1.67. The molecule has 1 aromatic heterocycles. The van der Waals surface area contributed by atoms with Crippen LogP contribution in [0.2, 0.25) is 0 Å². The molecule has 0 saturated carbocycles. The van der Waals surface area contributed by atoms with Gasteiger partial charge in [-0.1, -0.05) is 11.8 Å². The van der Waals surface area contributed by atoms with Gasteiger partial charge in [0.1, 0.15) is 6.33 Å². The molecule has 2 atom stereocenters. The lowest BCUT2D eigenvalue weighted by molar-refractivity contribution is 0.0849. The first-order valence-corrected chi connectivity index (χ1v) is 5.95. The van der Waals surface area contributed by atoms with E-state index in [0.29, 0.717) is 11.3 Å². The summed E-state index contributed by atoms with van der Waals surface area (Å²) in [6.07, 6.45) is 2.78. The molecule has 1 N–H and O–H groups in total. The summed E-state index contributed by atoms with van der Waals surface area (Å²) in [5, 5.41) is 12.6. The molecule has 5 nitrogen and oxygen atoms in total. The fraction of sp³-hybridized carbons (Fsp3) is 0.778. The average Bonchev–Trinajstić information content (AvgIpc) is 2.65. The normalized spacial score (nSPS) is 26.8. The van der Waals surface area contributed by atoms with Crippen LogP contribution in [0.15, 0.2) is 11.5 Å². The second-order valence-corrected chi connectivity index (χ2v) is 4.85. The topological polar surface area (TPSA) is 52.0 Å². The molecule has 0 aliphatic carbocycles. The van der Waals surface area contributed by atoms with Gasteiger partial charge < -0.3 is 14.6 Å². The zero-order valence-corrected chi connectivity index (χ0v) is 9.83. The summed E-state index contributed by atoms with van der Waals surface area (Å²) in [6.45, 7) is 1.63. The maximum atomic E-state index is 5.48. The van der Waals surface area contributed by atoms with E-state index < -0.39 is 0 Å². The van der Waals surface area contributed by atoms with Crippen molar-refractivity contribution in [1.82, 2.24) is 20.1 Å². The Morgan fingerprint density at radius 2 is 2.53 bits per heavy atom. The molecular formula is C9H16N4OS. The summed E-state index contributed by atoms with van der Waals surface area (Å²) in [4.78, 5) is 0. The lowest BCUT2D eigenvalue weighted by Gasteiger charge is -2.30. The van der Waals surface area contributed by atoms with Crippen molar-refractivity contribution in [3.63, 3.8) is 0 Å². The first-order valence-electron chi connectivity index (χ1n) is 5.07. The Labute approximate surface area is 93.6 Å². The van der Waals surface area contributed by atoms with Crippen molar-refractivity contribution in [1.29, 1.82) is 0 Å². The minimum atomic E-state index is 0.423. The number of aryl methyl sites for hydroxylation is 1. The van der Waals surface area contributed by atoms with Crippen LogP contribution in [0.5, 0.6) is 0 Å². The van der Waals surface area contributed by atoms with E-state index >= 15 is 0 Å². The first kappa shape index (κ1) is 10.9. The molecule has 0 bridgehead atoms. The predicted molar refractivity (Wildman–Crippen MR) is 58.9 cm³/mol. The van der Waals surface area contributed by atoms with Crippen LogP contribution in [0.3, 0.4) is 0 Å². The van der Waals surface area contributed by atoms with Gasteiger partial charge in [0.25, 0.3) is 0 Å². The molecule has 0 amide bonds. The highest BCUT2D eigenvalue weighted by molar-refractivity contribution is 7.99. The van der Waals surface area contributed by atoms with Crippen LogP contribution in [0.25, 0.3) is 0 Å². The molecule has 0 spiro atoms. The number of nitrogens with one attached hydrogen (secondary N) is 1. The van der Waals surface area contributed by atoms with Gasteiger partial charge in [-0.15, -0.1) is 10.2 Å². The van der Waals surface area contributed by atoms with Gasteiger partial charge in [-0.05, 0) is 13.5 Å². The summed E-state index contributed by atoms with van der Waals surface area (Å²) in [7, 11) is 3.96. The van der Waals surface area contributed by atoms with Crippen LogP contribution in [-0.4, -0.2) is 46.3 Å². The number of rotatable bonds is 3. The number of hydrogen-bond acceptors (Lipinski definition) is 5. The lowest BCUT2D eigenvalue weighted by Crippen LogP contribution is -2.43. The van der Waals surface area contributed by atoms with E-state index in [-0.39, 0.29) is 0 Å². The van der Waals surface area contributed by atoms with Crippen molar-refractivity contribution in [3.05, 3.63) is 6.33 Å². The molecule has 0 aromatic carbocycles. The smallest absolute Gasteiger partial charge is 0.191 e. The molecule has 1 aromatic rings. The van der Waals surface area contributed by atoms with Gasteiger partial charge in [0, 0.05) is 19.7 Å². The second kappa shape index (κ2) is 4.96. The zero-order chi connectivity index (χ0) is 10.7. The van der Waals surface area contributed by atoms with E-state index in [4.69, 9.17) is 4.74 Å². The van der Waals surface area contributed by atoms with E-state index in [1.807, 2.05) is 18.7 Å². The number of nitrogens with zero attached hydrogens (tertiary/aromatic N) is 3. The van der Waals surface area contributed by atoms with Crippen molar-refractivity contribution in [2.24, 2.45) is 7.05 Å². The van der Waals surface area contributed by atoms with Crippen LogP contribution in [0, 0.1) is 0 Å². The molecule has 2 heterocycles. The van der Waals surface area contributed by atoms with Gasteiger partial charge in [0.2, 0.25) is 0 Å². The Kier molecular flexibility index (Phi) is 3.61. The average molecular weight is 228 g/mol. The third-order valence-corrected chi connectivity index (χ3v) is 3.95. The molecule has 84 valence electrons. The Balaban J connectivity index is 2.00. The zero-order valence-electron chi connectivity index (χ0n) is 9.01. The van der Waals surface area contributed by atoms with E-state index in [2.05, 4.69) is 15.5 Å². The van der Waals surface area contributed by atoms with Gasteiger partial charge in [-0.3, -0.25) is 0 Å². The van der Waals surface area contributed by atoms with Gasteiger partial charge in [0.05, 0.1) is 11.9 Å². The van der Waals surface area contributed by atoms with Gasteiger partial charge in [0.15, 0.2) is 5.16 Å². The summed E-state index contributed by atoms with van der Waals surface area (Å²) in [5.74, 6) is 0. The standard InChI is InChI=1S/C9H16N4OS/c1-10-7-3-4-14-5-8(7)15-9-12-11-6-13(9)2/h6-8,10H,3-5H2,1-2H3. The van der Waals surface area contributed by atoms with Crippen molar-refractivity contribution in [2.45, 2.75) is 22.9 Å². The van der Waals surface area contributed by atoms with Gasteiger partial charge in [-0.25, -0.2) is 0 Å². The minimum Gasteiger partial charge on any atom is -0.380 e. The first-order chi connectivity index (χ1) is 7.31. The summed E-state index contributed by atoms with van der Waals surface area (Å²) >= 11 is 1.73. The van der Waals surface area contributed by atoms with Crippen molar-refractivity contribution in [3.8, 4) is 0 Å². The van der Waals surface area contributed by atoms with Crippen LogP contribution in [-0.2, 0) is 11.8 Å². The molecule has 0 radical (unpaired) electrons. The quantitative estimate of drug-likeness (QED) is 0.805. The van der Waals surface area contributed by atoms with Crippen molar-refractivity contribution < 1.29 is 4.74 Å². The predicted octanol–water partition coefficient (Wildman–Crippen LogP) is 0.284. The molecule has 1 saturated heterocycles. The number of ether oxygens (including phenoxy) is 1. The highest BCUT2D eigenvalue weighted by atomic mass is 32.2. The van der Waals surface area contributed by atoms with Crippen LogP contribution < -0.4 is 5.32 Å². The van der Waals surface area contributed by atoms with E-state index in [1.54, 1.807) is 18.1 Å². The number of thioether (sulfide) groups is 1. The SMILES string of the molecule is CNC1CCOCC1Sc1nncn1C. The molecule has 1 aliphatic rings. The molecule has 15 heavy (non-hydrogen) atoms. The second-order valence-electron chi connectivity index (χ2n) is 3.64. The minimum absolute atomic E-state index is 0.423. The van der Waals surface area contributed by atoms with Gasteiger partial charge >= 0.3 is 0 Å². The third-order valence-electron chi connectivity index (χ3n) is 2.60. The Morgan fingerprint density at radius 1 is 1.67 bits per heavy atom.